The quantitative estimate of drug-likeness (QED) is 0.197. The minimum Gasteiger partial charge on any atom is -0.413 e. The molecule has 1 aromatic carbocycles. The standard InChI is InChI=1S/C19H28N2O5/c1-5-11-20(12-6-2)13-10-16-9-8-15(7-3)17(21(24)25)18(16)26-19(23)14(4)22/h8-9H,5-7,10-13H2,1-4H3. The van der Waals surface area contributed by atoms with Crippen LogP contribution in [0, 0.1) is 10.1 Å². The van der Waals surface area contributed by atoms with E-state index in [1.54, 1.807) is 19.1 Å². The van der Waals surface area contributed by atoms with Crippen molar-refractivity contribution in [1.82, 2.24) is 4.90 Å². The highest BCUT2D eigenvalue weighted by Gasteiger charge is 2.27. The second-order valence-electron chi connectivity index (χ2n) is 6.21. The fraction of sp³-hybridized carbons (Fsp3) is 0.579. The van der Waals surface area contributed by atoms with Crippen molar-refractivity contribution in [3.8, 4) is 5.75 Å². The molecular weight excluding hydrogens is 336 g/mol. The van der Waals surface area contributed by atoms with Crippen molar-refractivity contribution >= 4 is 17.4 Å². The number of ketones is 1. The van der Waals surface area contributed by atoms with E-state index in [0.29, 0.717) is 30.5 Å². The van der Waals surface area contributed by atoms with Crippen LogP contribution in [0.5, 0.6) is 5.75 Å². The molecule has 0 radical (unpaired) electrons. The molecule has 0 fully saturated rings. The molecule has 0 unspecified atom stereocenters. The zero-order valence-electron chi connectivity index (χ0n) is 16.0. The van der Waals surface area contributed by atoms with E-state index in [1.165, 1.54) is 0 Å². The van der Waals surface area contributed by atoms with E-state index in [4.69, 9.17) is 4.74 Å². The Morgan fingerprint density at radius 3 is 2.12 bits per heavy atom. The van der Waals surface area contributed by atoms with Gasteiger partial charge in [0.1, 0.15) is 0 Å². The Morgan fingerprint density at radius 1 is 1.08 bits per heavy atom. The first-order valence-corrected chi connectivity index (χ1v) is 9.09. The Morgan fingerprint density at radius 2 is 1.65 bits per heavy atom. The fourth-order valence-electron chi connectivity index (χ4n) is 2.86. The zero-order valence-corrected chi connectivity index (χ0v) is 16.0. The first-order chi connectivity index (χ1) is 12.3. The predicted octanol–water partition coefficient (Wildman–Crippen LogP) is 3.32. The smallest absolute Gasteiger partial charge is 0.379 e. The molecule has 0 saturated carbocycles. The second kappa shape index (κ2) is 10.7. The number of aryl methyl sites for hydroxylation is 1. The van der Waals surface area contributed by atoms with Crippen LogP contribution in [0.15, 0.2) is 12.1 Å². The van der Waals surface area contributed by atoms with Gasteiger partial charge in [-0.15, -0.1) is 0 Å². The summed E-state index contributed by atoms with van der Waals surface area (Å²) in [6.45, 7) is 9.66. The van der Waals surface area contributed by atoms with E-state index in [-0.39, 0.29) is 11.4 Å². The van der Waals surface area contributed by atoms with Gasteiger partial charge in [-0.2, -0.15) is 0 Å². The van der Waals surface area contributed by atoms with E-state index < -0.39 is 16.7 Å². The summed E-state index contributed by atoms with van der Waals surface area (Å²) in [5.41, 5.74) is 0.821. The Hall–Kier alpha value is -2.28. The molecule has 7 heteroatoms. The van der Waals surface area contributed by atoms with Gasteiger partial charge < -0.3 is 9.64 Å². The predicted molar refractivity (Wildman–Crippen MR) is 99.5 cm³/mol. The molecule has 0 bridgehead atoms. The van der Waals surface area contributed by atoms with Gasteiger partial charge in [-0.05, 0) is 38.8 Å². The van der Waals surface area contributed by atoms with Gasteiger partial charge in [0.25, 0.3) is 0 Å². The van der Waals surface area contributed by atoms with Crippen molar-refractivity contribution < 1.29 is 19.2 Å². The third kappa shape index (κ3) is 5.91. The summed E-state index contributed by atoms with van der Waals surface area (Å²) in [6.07, 6.45) is 2.96. The molecule has 1 aromatic rings. The lowest BCUT2D eigenvalue weighted by atomic mass is 10.0. The zero-order chi connectivity index (χ0) is 19.7. The molecular formula is C19H28N2O5. The average molecular weight is 364 g/mol. The minimum absolute atomic E-state index is 0.0949. The molecule has 144 valence electrons. The lowest BCUT2D eigenvalue weighted by Crippen LogP contribution is -2.28. The van der Waals surface area contributed by atoms with Gasteiger partial charge in [0.2, 0.25) is 11.5 Å². The number of ether oxygens (including phenoxy) is 1. The number of nitrogens with zero attached hydrogens (tertiary/aromatic N) is 2. The molecule has 1 rings (SSSR count). The summed E-state index contributed by atoms with van der Waals surface area (Å²) in [6, 6.07) is 3.45. The van der Waals surface area contributed by atoms with E-state index in [0.717, 1.165) is 32.9 Å². The van der Waals surface area contributed by atoms with Gasteiger partial charge in [0.15, 0.2) is 0 Å². The van der Waals surface area contributed by atoms with E-state index in [2.05, 4.69) is 18.7 Å². The fourth-order valence-corrected chi connectivity index (χ4v) is 2.86. The largest absolute Gasteiger partial charge is 0.413 e. The molecule has 0 N–H and O–H groups in total. The first kappa shape index (κ1) is 21.8. The molecule has 0 atom stereocenters. The molecule has 0 saturated heterocycles. The van der Waals surface area contributed by atoms with E-state index in [1.807, 2.05) is 0 Å². The highest BCUT2D eigenvalue weighted by atomic mass is 16.6. The van der Waals surface area contributed by atoms with Gasteiger partial charge >= 0.3 is 11.7 Å². The summed E-state index contributed by atoms with van der Waals surface area (Å²) < 4.78 is 5.15. The molecule has 0 aliphatic rings. The van der Waals surface area contributed by atoms with Gasteiger partial charge in [0, 0.05) is 24.6 Å². The number of hydrogen-bond donors (Lipinski definition) is 0. The third-order valence-electron chi connectivity index (χ3n) is 4.12. The van der Waals surface area contributed by atoms with Gasteiger partial charge in [-0.25, -0.2) is 4.79 Å². The van der Waals surface area contributed by atoms with Crippen molar-refractivity contribution in [2.45, 2.75) is 53.4 Å². The Balaban J connectivity index is 3.23. The first-order valence-electron chi connectivity index (χ1n) is 9.09. The number of esters is 1. The number of benzene rings is 1. The van der Waals surface area contributed by atoms with E-state index >= 15 is 0 Å². The summed E-state index contributed by atoms with van der Waals surface area (Å²) in [5.74, 6) is -1.96. The minimum atomic E-state index is -1.08. The summed E-state index contributed by atoms with van der Waals surface area (Å²) in [5, 5.41) is 11.6. The topological polar surface area (TPSA) is 89.8 Å². The van der Waals surface area contributed by atoms with Gasteiger partial charge in [-0.1, -0.05) is 32.9 Å². The Labute approximate surface area is 154 Å². The van der Waals surface area contributed by atoms with Crippen LogP contribution in [-0.4, -0.2) is 41.2 Å². The van der Waals surface area contributed by atoms with Crippen LogP contribution in [0.2, 0.25) is 0 Å². The van der Waals surface area contributed by atoms with Crippen molar-refractivity contribution in [3.63, 3.8) is 0 Å². The van der Waals surface area contributed by atoms with Crippen LogP contribution in [0.3, 0.4) is 0 Å². The number of nitro groups is 1. The average Bonchev–Trinajstić information content (AvgIpc) is 2.59. The number of nitro benzene ring substituents is 1. The van der Waals surface area contributed by atoms with Crippen LogP contribution in [0.25, 0.3) is 0 Å². The molecule has 0 spiro atoms. The molecule has 0 aromatic heterocycles. The van der Waals surface area contributed by atoms with Crippen molar-refractivity contribution in [3.05, 3.63) is 33.4 Å². The molecule has 0 heterocycles. The SMILES string of the molecule is CCCN(CCC)CCc1ccc(CC)c([N+](=O)[O-])c1OC(=O)C(C)=O. The van der Waals surface area contributed by atoms with Crippen molar-refractivity contribution in [1.29, 1.82) is 0 Å². The number of hydrogen-bond acceptors (Lipinski definition) is 6. The van der Waals surface area contributed by atoms with Crippen LogP contribution >= 0.6 is 0 Å². The van der Waals surface area contributed by atoms with Gasteiger partial charge in [0.05, 0.1) is 4.92 Å². The number of carbonyl (C=O) groups excluding carboxylic acids is 2. The normalized spacial score (nSPS) is 10.8. The highest BCUT2D eigenvalue weighted by molar-refractivity contribution is 6.33. The molecule has 0 aliphatic carbocycles. The maximum Gasteiger partial charge on any atom is 0.379 e. The number of rotatable bonds is 11. The number of carbonyl (C=O) groups is 2. The maximum absolute atomic E-state index is 11.8. The Bertz CT molecular complexity index is 652. The molecule has 7 nitrogen and oxygen atoms in total. The molecule has 0 aliphatic heterocycles. The lowest BCUT2D eigenvalue weighted by Gasteiger charge is -2.21. The van der Waals surface area contributed by atoms with Crippen molar-refractivity contribution in [2.24, 2.45) is 0 Å². The van der Waals surface area contributed by atoms with Crippen LogP contribution < -0.4 is 4.74 Å². The van der Waals surface area contributed by atoms with Crippen LogP contribution in [-0.2, 0) is 22.4 Å². The van der Waals surface area contributed by atoms with Crippen LogP contribution in [0.1, 0.15) is 51.7 Å². The monoisotopic (exact) mass is 364 g/mol. The number of Topliss-reactive ketones (excluding diaryl/α,β-unsaturated/α-hetero) is 1. The van der Waals surface area contributed by atoms with Crippen molar-refractivity contribution in [2.75, 3.05) is 19.6 Å². The maximum atomic E-state index is 11.8. The summed E-state index contributed by atoms with van der Waals surface area (Å²) >= 11 is 0. The third-order valence-corrected chi connectivity index (χ3v) is 4.12. The summed E-state index contributed by atoms with van der Waals surface area (Å²) in [4.78, 5) is 36.4. The van der Waals surface area contributed by atoms with Crippen LogP contribution in [0.4, 0.5) is 5.69 Å². The van der Waals surface area contributed by atoms with E-state index in [9.17, 15) is 19.7 Å². The molecule has 0 amide bonds. The van der Waals surface area contributed by atoms with Gasteiger partial charge in [-0.3, -0.25) is 14.9 Å². The lowest BCUT2D eigenvalue weighted by molar-refractivity contribution is -0.386. The second-order valence-corrected chi connectivity index (χ2v) is 6.21. The molecule has 26 heavy (non-hydrogen) atoms. The Kier molecular flexibility index (Phi) is 8.92. The summed E-state index contributed by atoms with van der Waals surface area (Å²) in [7, 11) is 0. The highest BCUT2D eigenvalue weighted by Crippen LogP contribution is 2.35.